The third-order valence-electron chi connectivity index (χ3n) is 2.98. The highest BCUT2D eigenvalue weighted by Crippen LogP contribution is 2.29. The van der Waals surface area contributed by atoms with Gasteiger partial charge in [-0.2, -0.15) is 5.26 Å². The van der Waals surface area contributed by atoms with Crippen LogP contribution in [0.1, 0.15) is 5.56 Å². The molecule has 0 spiro atoms. The van der Waals surface area contributed by atoms with Crippen molar-refractivity contribution in [3.05, 3.63) is 34.1 Å². The summed E-state index contributed by atoms with van der Waals surface area (Å²) < 4.78 is 5.22. The molecule has 2 rings (SSSR count). The van der Waals surface area contributed by atoms with Gasteiger partial charge < -0.3 is 19.8 Å². The van der Waals surface area contributed by atoms with Crippen LogP contribution in [-0.4, -0.2) is 40.5 Å². The van der Waals surface area contributed by atoms with Crippen molar-refractivity contribution in [1.29, 1.82) is 5.26 Å². The number of rotatable bonds is 4. The molecule has 112 valence electrons. The molecular formula is C13H12BN3O4S. The van der Waals surface area contributed by atoms with E-state index in [2.05, 4.69) is 9.97 Å². The van der Waals surface area contributed by atoms with Gasteiger partial charge in [-0.1, -0.05) is 17.8 Å². The number of methoxy groups -OCH3 is 1. The molecule has 0 bridgehead atoms. The lowest BCUT2D eigenvalue weighted by atomic mass is 9.79. The number of hydrogen-bond acceptors (Lipinski definition) is 7. The van der Waals surface area contributed by atoms with E-state index in [0.29, 0.717) is 16.5 Å². The van der Waals surface area contributed by atoms with Crippen molar-refractivity contribution in [3.8, 4) is 23.1 Å². The van der Waals surface area contributed by atoms with Gasteiger partial charge in [-0.25, -0.2) is 4.98 Å². The zero-order valence-electron chi connectivity index (χ0n) is 11.8. The Labute approximate surface area is 130 Å². The second kappa shape index (κ2) is 6.66. The van der Waals surface area contributed by atoms with Crippen molar-refractivity contribution in [2.75, 3.05) is 13.4 Å². The van der Waals surface area contributed by atoms with E-state index in [1.807, 2.05) is 6.07 Å². The zero-order valence-corrected chi connectivity index (χ0v) is 12.6. The minimum Gasteiger partial charge on any atom is -0.496 e. The Morgan fingerprint density at radius 1 is 1.45 bits per heavy atom. The van der Waals surface area contributed by atoms with Crippen LogP contribution in [0.4, 0.5) is 0 Å². The molecule has 22 heavy (non-hydrogen) atoms. The number of nitrogens with one attached hydrogen (secondary N) is 1. The number of benzene rings is 1. The van der Waals surface area contributed by atoms with E-state index in [0.717, 1.165) is 0 Å². The average Bonchev–Trinajstić information content (AvgIpc) is 2.53. The summed E-state index contributed by atoms with van der Waals surface area (Å²) in [6.45, 7) is 0. The predicted octanol–water partition coefficient (Wildman–Crippen LogP) is -0.281. The number of ether oxygens (including phenoxy) is 1. The summed E-state index contributed by atoms with van der Waals surface area (Å²) in [4.78, 5) is 18.7. The number of aromatic nitrogens is 2. The number of nitrogens with zero attached hydrogens (tertiary/aromatic N) is 2. The number of hydrogen-bond donors (Lipinski definition) is 3. The molecule has 0 aliphatic carbocycles. The van der Waals surface area contributed by atoms with E-state index in [1.54, 1.807) is 6.26 Å². The molecule has 0 atom stereocenters. The fraction of sp³-hybridized carbons (Fsp3) is 0.154. The topological polar surface area (TPSA) is 119 Å². The summed E-state index contributed by atoms with van der Waals surface area (Å²) in [5.41, 5.74) is -0.0528. The monoisotopic (exact) mass is 317 g/mol. The summed E-state index contributed by atoms with van der Waals surface area (Å²) in [6.07, 6.45) is 1.74. The van der Waals surface area contributed by atoms with Crippen LogP contribution in [0.2, 0.25) is 0 Å². The van der Waals surface area contributed by atoms with E-state index in [-0.39, 0.29) is 16.7 Å². The van der Waals surface area contributed by atoms with Gasteiger partial charge in [0.25, 0.3) is 5.56 Å². The highest BCUT2D eigenvalue weighted by molar-refractivity contribution is 7.98. The summed E-state index contributed by atoms with van der Waals surface area (Å²) in [5.74, 6) is 0.367. The molecule has 0 fully saturated rings. The molecule has 3 N–H and O–H groups in total. The Hall–Kier alpha value is -2.28. The van der Waals surface area contributed by atoms with Gasteiger partial charge in [0.15, 0.2) is 5.16 Å². The van der Waals surface area contributed by atoms with Crippen molar-refractivity contribution in [3.63, 3.8) is 0 Å². The maximum atomic E-state index is 12.0. The van der Waals surface area contributed by atoms with E-state index >= 15 is 0 Å². The van der Waals surface area contributed by atoms with Crippen LogP contribution < -0.4 is 15.8 Å². The standard InChI is InChI=1S/C13H12BN3O4S/c1-21-10-4-3-7(14(19)20)5-8(10)11-9(6-15)12(18)17-13(16-11)22-2/h3-5,19-20H,1-2H3,(H,16,17,18). The first-order valence-electron chi connectivity index (χ1n) is 6.14. The molecule has 2 aromatic rings. The molecule has 1 heterocycles. The van der Waals surface area contributed by atoms with Crippen molar-refractivity contribution < 1.29 is 14.8 Å². The van der Waals surface area contributed by atoms with Crippen LogP contribution >= 0.6 is 11.8 Å². The molecule has 0 unspecified atom stereocenters. The average molecular weight is 317 g/mol. The number of nitriles is 1. The lowest BCUT2D eigenvalue weighted by molar-refractivity contribution is 0.415. The summed E-state index contributed by atoms with van der Waals surface area (Å²) >= 11 is 1.22. The van der Waals surface area contributed by atoms with Crippen molar-refractivity contribution in [2.24, 2.45) is 0 Å². The van der Waals surface area contributed by atoms with Crippen molar-refractivity contribution >= 4 is 24.3 Å². The lowest BCUT2D eigenvalue weighted by Crippen LogP contribution is -2.29. The fourth-order valence-electron chi connectivity index (χ4n) is 1.92. The normalized spacial score (nSPS) is 10.1. The highest BCUT2D eigenvalue weighted by Gasteiger charge is 2.20. The largest absolute Gasteiger partial charge is 0.496 e. The van der Waals surface area contributed by atoms with E-state index in [4.69, 9.17) is 4.74 Å². The van der Waals surface area contributed by atoms with Crippen molar-refractivity contribution in [2.45, 2.75) is 5.16 Å². The Morgan fingerprint density at radius 2 is 2.18 bits per heavy atom. The van der Waals surface area contributed by atoms with Crippen molar-refractivity contribution in [1.82, 2.24) is 9.97 Å². The number of thioether (sulfide) groups is 1. The minimum absolute atomic E-state index is 0.134. The molecule has 9 heteroatoms. The van der Waals surface area contributed by atoms with E-state index < -0.39 is 12.7 Å². The third-order valence-corrected chi connectivity index (χ3v) is 3.56. The molecule has 0 saturated carbocycles. The second-order valence-corrected chi connectivity index (χ2v) is 5.04. The number of H-pyrrole nitrogens is 1. The summed E-state index contributed by atoms with van der Waals surface area (Å²) in [6, 6.07) is 6.24. The van der Waals surface area contributed by atoms with Crippen LogP contribution in [0.15, 0.2) is 28.2 Å². The highest BCUT2D eigenvalue weighted by atomic mass is 32.2. The molecule has 1 aromatic heterocycles. The molecule has 7 nitrogen and oxygen atoms in total. The van der Waals surface area contributed by atoms with Gasteiger partial charge in [-0.15, -0.1) is 0 Å². The van der Waals surface area contributed by atoms with Gasteiger partial charge in [0, 0.05) is 5.56 Å². The number of aromatic amines is 1. The first kappa shape index (κ1) is 16.1. The van der Waals surface area contributed by atoms with Gasteiger partial charge in [0.05, 0.1) is 7.11 Å². The van der Waals surface area contributed by atoms with E-state index in [1.165, 1.54) is 37.1 Å². The summed E-state index contributed by atoms with van der Waals surface area (Å²) in [5, 5.41) is 28.1. The van der Waals surface area contributed by atoms with E-state index in [9.17, 15) is 20.1 Å². The molecule has 1 aromatic carbocycles. The van der Waals surface area contributed by atoms with Crippen LogP contribution in [0.25, 0.3) is 11.3 Å². The third kappa shape index (κ3) is 2.99. The van der Waals surface area contributed by atoms with Crippen LogP contribution in [0.3, 0.4) is 0 Å². The smallest absolute Gasteiger partial charge is 0.488 e. The van der Waals surface area contributed by atoms with Crippen LogP contribution in [0.5, 0.6) is 5.75 Å². The molecular weight excluding hydrogens is 305 g/mol. The zero-order chi connectivity index (χ0) is 16.3. The molecule has 0 radical (unpaired) electrons. The second-order valence-electron chi connectivity index (χ2n) is 4.24. The molecule has 0 amide bonds. The Bertz CT molecular complexity index is 801. The fourth-order valence-corrected chi connectivity index (χ4v) is 2.30. The molecule has 0 aliphatic rings. The minimum atomic E-state index is -1.68. The first-order chi connectivity index (χ1) is 10.5. The first-order valence-corrected chi connectivity index (χ1v) is 7.37. The van der Waals surface area contributed by atoms with Gasteiger partial charge in [0.1, 0.15) is 23.1 Å². The lowest BCUT2D eigenvalue weighted by Gasteiger charge is -2.11. The predicted molar refractivity (Wildman–Crippen MR) is 83.2 cm³/mol. The Kier molecular flexibility index (Phi) is 4.87. The van der Waals surface area contributed by atoms with Gasteiger partial charge in [0.2, 0.25) is 0 Å². The van der Waals surface area contributed by atoms with Gasteiger partial charge in [-0.05, 0) is 23.9 Å². The molecule has 0 saturated heterocycles. The molecule has 0 aliphatic heterocycles. The van der Waals surface area contributed by atoms with Crippen LogP contribution in [-0.2, 0) is 0 Å². The van der Waals surface area contributed by atoms with Crippen LogP contribution in [0, 0.1) is 11.3 Å². The van der Waals surface area contributed by atoms with Gasteiger partial charge >= 0.3 is 7.12 Å². The Balaban J connectivity index is 2.80. The summed E-state index contributed by atoms with van der Waals surface area (Å²) in [7, 11) is -0.250. The van der Waals surface area contributed by atoms with Gasteiger partial charge in [-0.3, -0.25) is 4.79 Å². The quantitative estimate of drug-likeness (QED) is 0.403. The maximum absolute atomic E-state index is 12.0. The maximum Gasteiger partial charge on any atom is 0.488 e. The Morgan fingerprint density at radius 3 is 2.73 bits per heavy atom. The SMILES string of the molecule is COc1ccc(B(O)O)cc1-c1nc(SC)[nH]c(=O)c1C#N.